The van der Waals surface area contributed by atoms with Crippen molar-refractivity contribution in [2.75, 3.05) is 26.4 Å². The molecule has 1 aliphatic heterocycles. The summed E-state index contributed by atoms with van der Waals surface area (Å²) in [5.41, 5.74) is 1.34. The molecule has 0 fully saturated rings. The maximum absolute atomic E-state index is 13.1. The number of ether oxygens (including phenoxy) is 3. The first-order valence-electron chi connectivity index (χ1n) is 10.5. The predicted molar refractivity (Wildman–Crippen MR) is 118 cm³/mol. The van der Waals surface area contributed by atoms with Crippen LogP contribution < -0.4 is 5.32 Å². The van der Waals surface area contributed by atoms with E-state index < -0.39 is 22.8 Å². The van der Waals surface area contributed by atoms with Crippen molar-refractivity contribution < 1.29 is 28.7 Å². The maximum atomic E-state index is 13.1. The Labute approximate surface area is 192 Å². The molecule has 176 valence electrons. The molecular formula is C23H27N3O7. The Balaban J connectivity index is 2.45. The van der Waals surface area contributed by atoms with E-state index in [9.17, 15) is 19.7 Å². The molecule has 1 aliphatic rings. The van der Waals surface area contributed by atoms with E-state index in [2.05, 4.69) is 5.32 Å². The number of nitriles is 1. The molecule has 0 amide bonds. The van der Waals surface area contributed by atoms with E-state index in [0.717, 1.165) is 6.42 Å². The van der Waals surface area contributed by atoms with Crippen LogP contribution in [0.25, 0.3) is 0 Å². The summed E-state index contributed by atoms with van der Waals surface area (Å²) in [4.78, 5) is 36.8. The number of hydrogen-bond donors (Lipinski definition) is 1. The third-order valence-electron chi connectivity index (χ3n) is 4.87. The Kier molecular flexibility index (Phi) is 9.57. The van der Waals surface area contributed by atoms with Crippen molar-refractivity contribution in [2.45, 2.75) is 39.5 Å². The van der Waals surface area contributed by atoms with Gasteiger partial charge in [-0.15, -0.1) is 0 Å². The molecule has 0 aliphatic carbocycles. The molecule has 33 heavy (non-hydrogen) atoms. The van der Waals surface area contributed by atoms with Gasteiger partial charge in [-0.05, 0) is 25.8 Å². The number of nitrogens with zero attached hydrogens (tertiary/aromatic N) is 2. The molecule has 1 atom stereocenters. The number of carbonyl (C=O) groups excluding carboxylic acids is 2. The van der Waals surface area contributed by atoms with Crippen LogP contribution in [0, 0.1) is 21.4 Å². The Bertz CT molecular complexity index is 1010. The van der Waals surface area contributed by atoms with Gasteiger partial charge in [0.1, 0.15) is 13.2 Å². The highest BCUT2D eigenvalue weighted by Gasteiger charge is 2.38. The Morgan fingerprint density at radius 1 is 1.09 bits per heavy atom. The fraction of sp³-hybridized carbons (Fsp3) is 0.435. The van der Waals surface area contributed by atoms with Gasteiger partial charge in [-0.2, -0.15) is 5.26 Å². The summed E-state index contributed by atoms with van der Waals surface area (Å²) in [5.74, 6) is -2.35. The average Bonchev–Trinajstić information content (AvgIpc) is 2.78. The van der Waals surface area contributed by atoms with Crippen molar-refractivity contribution in [1.29, 1.82) is 5.26 Å². The fourth-order valence-electron chi connectivity index (χ4n) is 3.47. The summed E-state index contributed by atoms with van der Waals surface area (Å²) in [6.07, 6.45) is 0.840. The smallest absolute Gasteiger partial charge is 0.336 e. The third-order valence-corrected chi connectivity index (χ3v) is 4.87. The first-order valence-corrected chi connectivity index (χ1v) is 10.5. The molecule has 0 aromatic heterocycles. The van der Waals surface area contributed by atoms with Crippen LogP contribution in [0.1, 0.15) is 45.1 Å². The lowest BCUT2D eigenvalue weighted by atomic mass is 9.80. The van der Waals surface area contributed by atoms with Crippen molar-refractivity contribution in [3.8, 4) is 6.07 Å². The minimum absolute atomic E-state index is 0.00843. The number of dihydropyridines is 1. The van der Waals surface area contributed by atoms with Crippen molar-refractivity contribution >= 4 is 17.6 Å². The monoisotopic (exact) mass is 457 g/mol. The van der Waals surface area contributed by atoms with E-state index in [4.69, 9.17) is 19.5 Å². The maximum Gasteiger partial charge on any atom is 0.336 e. The van der Waals surface area contributed by atoms with Crippen LogP contribution in [-0.2, 0) is 23.8 Å². The highest BCUT2D eigenvalue weighted by atomic mass is 16.6. The van der Waals surface area contributed by atoms with Gasteiger partial charge >= 0.3 is 11.9 Å². The summed E-state index contributed by atoms with van der Waals surface area (Å²) in [5, 5.41) is 23.1. The van der Waals surface area contributed by atoms with Gasteiger partial charge in [0.15, 0.2) is 0 Å². The SMILES string of the molecule is CCCOCCOC(=O)C1=C(C)NC(C)=C(C(=O)OCCC#N)C1c1cccc([N+](=O)[O-])c1. The lowest BCUT2D eigenvalue weighted by Crippen LogP contribution is -2.33. The molecule has 0 saturated carbocycles. The first-order chi connectivity index (χ1) is 15.8. The average molecular weight is 457 g/mol. The molecule has 2 rings (SSSR count). The van der Waals surface area contributed by atoms with Crippen LogP contribution in [0.15, 0.2) is 46.8 Å². The van der Waals surface area contributed by atoms with Crippen LogP contribution in [0.4, 0.5) is 5.69 Å². The lowest BCUT2D eigenvalue weighted by Gasteiger charge is -2.30. The second-order valence-corrected chi connectivity index (χ2v) is 7.28. The zero-order valence-electron chi connectivity index (χ0n) is 18.9. The molecule has 0 spiro atoms. The molecule has 10 heteroatoms. The largest absolute Gasteiger partial charge is 0.461 e. The van der Waals surface area contributed by atoms with Crippen LogP contribution in [0.3, 0.4) is 0 Å². The Hall–Kier alpha value is -3.71. The molecule has 1 heterocycles. The summed E-state index contributed by atoms with van der Waals surface area (Å²) in [6.45, 7) is 5.93. The number of allylic oxidation sites excluding steroid dienone is 2. The van der Waals surface area contributed by atoms with Gasteiger partial charge < -0.3 is 19.5 Å². The van der Waals surface area contributed by atoms with Gasteiger partial charge in [0.2, 0.25) is 0 Å². The van der Waals surface area contributed by atoms with E-state index in [1.807, 2.05) is 13.0 Å². The van der Waals surface area contributed by atoms with Crippen molar-refractivity contribution in [2.24, 2.45) is 0 Å². The highest BCUT2D eigenvalue weighted by Crippen LogP contribution is 2.40. The number of esters is 2. The molecule has 1 N–H and O–H groups in total. The van der Waals surface area contributed by atoms with Crippen LogP contribution in [0.2, 0.25) is 0 Å². The van der Waals surface area contributed by atoms with Gasteiger partial charge in [-0.25, -0.2) is 9.59 Å². The van der Waals surface area contributed by atoms with Crippen molar-refractivity contribution in [3.63, 3.8) is 0 Å². The van der Waals surface area contributed by atoms with Crippen LogP contribution in [0.5, 0.6) is 0 Å². The summed E-state index contributed by atoms with van der Waals surface area (Å²) >= 11 is 0. The van der Waals surface area contributed by atoms with E-state index in [-0.39, 0.29) is 43.1 Å². The zero-order valence-corrected chi connectivity index (χ0v) is 18.9. The van der Waals surface area contributed by atoms with Crippen molar-refractivity contribution in [1.82, 2.24) is 5.32 Å². The molecular weight excluding hydrogens is 430 g/mol. The first kappa shape index (κ1) is 25.5. The third kappa shape index (κ3) is 6.63. The van der Waals surface area contributed by atoms with Crippen LogP contribution >= 0.6 is 0 Å². The number of non-ortho nitro benzene ring substituents is 1. The predicted octanol–water partition coefficient (Wildman–Crippen LogP) is 3.26. The molecule has 0 bridgehead atoms. The topological polar surface area (TPSA) is 141 Å². The second-order valence-electron chi connectivity index (χ2n) is 7.28. The Morgan fingerprint density at radius 2 is 1.73 bits per heavy atom. The van der Waals surface area contributed by atoms with E-state index in [0.29, 0.717) is 23.6 Å². The lowest BCUT2D eigenvalue weighted by molar-refractivity contribution is -0.384. The zero-order chi connectivity index (χ0) is 24.4. The molecule has 1 aromatic carbocycles. The van der Waals surface area contributed by atoms with E-state index >= 15 is 0 Å². The summed E-state index contributed by atoms with van der Waals surface area (Å²) in [7, 11) is 0. The molecule has 1 unspecified atom stereocenters. The quantitative estimate of drug-likeness (QED) is 0.229. The van der Waals surface area contributed by atoms with Gasteiger partial charge in [0.25, 0.3) is 5.69 Å². The number of hydrogen-bond acceptors (Lipinski definition) is 9. The van der Waals surface area contributed by atoms with E-state index in [1.54, 1.807) is 19.9 Å². The van der Waals surface area contributed by atoms with Crippen LogP contribution in [-0.4, -0.2) is 43.3 Å². The number of nitro benzene ring substituents is 1. The summed E-state index contributed by atoms with van der Waals surface area (Å²) < 4.78 is 15.9. The number of rotatable bonds is 11. The minimum Gasteiger partial charge on any atom is -0.461 e. The fourth-order valence-corrected chi connectivity index (χ4v) is 3.47. The van der Waals surface area contributed by atoms with Gasteiger partial charge in [-0.1, -0.05) is 19.1 Å². The molecule has 0 radical (unpaired) electrons. The number of nitrogens with one attached hydrogen (secondary N) is 1. The normalized spacial score (nSPS) is 15.5. The van der Waals surface area contributed by atoms with Gasteiger partial charge in [-0.3, -0.25) is 10.1 Å². The van der Waals surface area contributed by atoms with E-state index in [1.165, 1.54) is 18.2 Å². The molecule has 1 aromatic rings. The molecule has 10 nitrogen and oxygen atoms in total. The molecule has 0 saturated heterocycles. The minimum atomic E-state index is -0.954. The number of carbonyl (C=O) groups is 2. The van der Waals surface area contributed by atoms with Gasteiger partial charge in [0.05, 0.1) is 41.1 Å². The number of benzene rings is 1. The van der Waals surface area contributed by atoms with Crippen molar-refractivity contribution in [3.05, 3.63) is 62.5 Å². The highest BCUT2D eigenvalue weighted by molar-refractivity contribution is 6.00. The Morgan fingerprint density at radius 3 is 2.30 bits per heavy atom. The standard InChI is InChI=1S/C23H27N3O7/c1-4-10-31-12-13-33-23(28)20-16(3)25-15(2)19(22(27)32-11-6-9-24)21(20)17-7-5-8-18(14-17)26(29)30/h5,7-8,14,21,25H,4,6,10-13H2,1-3H3. The van der Waals surface area contributed by atoms with Gasteiger partial charge in [0, 0.05) is 30.1 Å². The summed E-state index contributed by atoms with van der Waals surface area (Å²) in [6, 6.07) is 7.62. The second kappa shape index (κ2) is 12.4. The number of nitro groups is 1.